The number of anilines is 1. The van der Waals surface area contributed by atoms with Gasteiger partial charge in [-0.15, -0.1) is 0 Å². The lowest BCUT2D eigenvalue weighted by Crippen LogP contribution is -2.13. The number of nitrogens with zero attached hydrogens (tertiary/aromatic N) is 1. The fourth-order valence-corrected chi connectivity index (χ4v) is 1.55. The van der Waals surface area contributed by atoms with Crippen LogP contribution in [0.1, 0.15) is 18.4 Å². The molecule has 1 aromatic rings. The third kappa shape index (κ3) is 1.48. The van der Waals surface area contributed by atoms with Crippen molar-refractivity contribution in [3.05, 3.63) is 29.6 Å². The van der Waals surface area contributed by atoms with E-state index in [-0.39, 0.29) is 5.82 Å². The van der Waals surface area contributed by atoms with Gasteiger partial charge in [-0.2, -0.15) is 0 Å². The molecule has 14 heavy (non-hydrogen) atoms. The van der Waals surface area contributed by atoms with Crippen LogP contribution in [0.4, 0.5) is 10.1 Å². The molecule has 1 aliphatic rings. The van der Waals surface area contributed by atoms with Crippen LogP contribution in [-0.4, -0.2) is 19.2 Å². The second-order valence-electron chi connectivity index (χ2n) is 4.09. The van der Waals surface area contributed by atoms with Crippen LogP contribution < -0.4 is 4.90 Å². The van der Waals surface area contributed by atoms with E-state index in [0.29, 0.717) is 5.69 Å². The summed E-state index contributed by atoms with van der Waals surface area (Å²) in [6.07, 6.45) is 1.57. The molecule has 1 aliphatic carbocycles. The van der Waals surface area contributed by atoms with Crippen LogP contribution >= 0.6 is 0 Å². The molecule has 0 bridgehead atoms. The average Bonchev–Trinajstić information content (AvgIpc) is 2.85. The summed E-state index contributed by atoms with van der Waals surface area (Å²) < 4.78 is 13.3. The van der Waals surface area contributed by atoms with E-state index in [1.165, 1.54) is 6.07 Å². The van der Waals surface area contributed by atoms with Gasteiger partial charge in [-0.25, -0.2) is 4.39 Å². The first-order valence-corrected chi connectivity index (χ1v) is 4.73. The molecular formula is C11H14FNO. The fourth-order valence-electron chi connectivity index (χ4n) is 1.55. The number of rotatable bonds is 2. The van der Waals surface area contributed by atoms with E-state index in [1.54, 1.807) is 31.1 Å². The molecule has 0 atom stereocenters. The molecule has 76 valence electrons. The van der Waals surface area contributed by atoms with Gasteiger partial charge in [0.2, 0.25) is 0 Å². The highest BCUT2D eigenvalue weighted by Crippen LogP contribution is 2.46. The predicted octanol–water partition coefficient (Wildman–Crippen LogP) is 1.87. The first kappa shape index (κ1) is 9.46. The quantitative estimate of drug-likeness (QED) is 0.778. The largest absolute Gasteiger partial charge is 0.385 e. The van der Waals surface area contributed by atoms with Crippen LogP contribution in [0.2, 0.25) is 0 Å². The molecule has 0 heterocycles. The molecule has 0 saturated heterocycles. The minimum Gasteiger partial charge on any atom is -0.385 e. The van der Waals surface area contributed by atoms with Crippen molar-refractivity contribution in [1.29, 1.82) is 0 Å². The maximum absolute atomic E-state index is 13.3. The van der Waals surface area contributed by atoms with Crippen LogP contribution in [0.5, 0.6) is 0 Å². The first-order valence-electron chi connectivity index (χ1n) is 4.73. The second-order valence-corrected chi connectivity index (χ2v) is 4.09. The van der Waals surface area contributed by atoms with Crippen molar-refractivity contribution < 1.29 is 9.50 Å². The summed E-state index contributed by atoms with van der Waals surface area (Å²) in [5.74, 6) is -0.247. The Balaban J connectivity index is 2.41. The van der Waals surface area contributed by atoms with E-state index in [1.807, 2.05) is 0 Å². The van der Waals surface area contributed by atoms with E-state index in [2.05, 4.69) is 0 Å². The lowest BCUT2D eigenvalue weighted by molar-refractivity contribution is 0.151. The van der Waals surface area contributed by atoms with E-state index in [9.17, 15) is 9.50 Å². The summed E-state index contributed by atoms with van der Waals surface area (Å²) in [5.41, 5.74) is 0.670. The van der Waals surface area contributed by atoms with E-state index < -0.39 is 5.60 Å². The Morgan fingerprint density at radius 2 is 2.00 bits per heavy atom. The van der Waals surface area contributed by atoms with Crippen molar-refractivity contribution in [3.8, 4) is 0 Å². The average molecular weight is 195 g/mol. The zero-order chi connectivity index (χ0) is 10.3. The molecule has 0 aromatic heterocycles. The number of hydrogen-bond acceptors (Lipinski definition) is 2. The van der Waals surface area contributed by atoms with Crippen molar-refractivity contribution in [2.24, 2.45) is 0 Å². The Bertz CT molecular complexity index is 358. The van der Waals surface area contributed by atoms with Crippen LogP contribution in [0.3, 0.4) is 0 Å². The lowest BCUT2D eigenvalue weighted by atomic mass is 10.1. The Morgan fingerprint density at radius 3 is 2.50 bits per heavy atom. The Kier molecular flexibility index (Phi) is 2.00. The molecule has 0 spiro atoms. The molecule has 0 unspecified atom stereocenters. The highest BCUT2D eigenvalue weighted by molar-refractivity contribution is 5.50. The SMILES string of the molecule is CN(C)c1cc(C2(O)CC2)ccc1F. The summed E-state index contributed by atoms with van der Waals surface area (Å²) in [4.78, 5) is 1.71. The maximum atomic E-state index is 13.3. The normalized spacial score (nSPS) is 18.0. The first-order chi connectivity index (χ1) is 6.53. The molecule has 1 saturated carbocycles. The van der Waals surface area contributed by atoms with Gasteiger partial charge < -0.3 is 10.0 Å². The lowest BCUT2D eigenvalue weighted by Gasteiger charge is -2.16. The van der Waals surface area contributed by atoms with Gasteiger partial charge in [0.15, 0.2) is 0 Å². The van der Waals surface area contributed by atoms with Gasteiger partial charge in [-0.1, -0.05) is 6.07 Å². The number of benzene rings is 1. The zero-order valence-electron chi connectivity index (χ0n) is 8.42. The minimum atomic E-state index is -0.682. The monoisotopic (exact) mass is 195 g/mol. The highest BCUT2D eigenvalue weighted by Gasteiger charge is 2.42. The zero-order valence-corrected chi connectivity index (χ0v) is 8.42. The van der Waals surface area contributed by atoms with Gasteiger partial charge in [0.25, 0.3) is 0 Å². The van der Waals surface area contributed by atoms with Gasteiger partial charge in [0.05, 0.1) is 11.3 Å². The standard InChI is InChI=1S/C11H14FNO/c1-13(2)10-7-8(3-4-9(10)12)11(14)5-6-11/h3-4,7,14H,5-6H2,1-2H3. The van der Waals surface area contributed by atoms with E-state index in [0.717, 1.165) is 18.4 Å². The highest BCUT2D eigenvalue weighted by atomic mass is 19.1. The summed E-state index contributed by atoms with van der Waals surface area (Å²) in [6.45, 7) is 0. The molecule has 0 aliphatic heterocycles. The fraction of sp³-hybridized carbons (Fsp3) is 0.455. The van der Waals surface area contributed by atoms with Gasteiger partial charge in [-0.3, -0.25) is 0 Å². The smallest absolute Gasteiger partial charge is 0.146 e. The van der Waals surface area contributed by atoms with Crippen LogP contribution in [0.15, 0.2) is 18.2 Å². The molecule has 2 nitrogen and oxygen atoms in total. The minimum absolute atomic E-state index is 0.247. The van der Waals surface area contributed by atoms with E-state index >= 15 is 0 Å². The number of aliphatic hydroxyl groups is 1. The van der Waals surface area contributed by atoms with Gasteiger partial charge in [0, 0.05) is 14.1 Å². The molecular weight excluding hydrogens is 181 g/mol. The Hall–Kier alpha value is -1.09. The molecule has 3 heteroatoms. The maximum Gasteiger partial charge on any atom is 0.146 e. The van der Waals surface area contributed by atoms with Crippen molar-refractivity contribution in [2.75, 3.05) is 19.0 Å². The number of hydrogen-bond donors (Lipinski definition) is 1. The molecule has 2 rings (SSSR count). The third-order valence-electron chi connectivity index (χ3n) is 2.69. The molecule has 1 fully saturated rings. The van der Waals surface area contributed by atoms with Crippen molar-refractivity contribution >= 4 is 5.69 Å². The molecule has 1 N–H and O–H groups in total. The molecule has 1 aromatic carbocycles. The topological polar surface area (TPSA) is 23.5 Å². The van der Waals surface area contributed by atoms with Crippen LogP contribution in [0.25, 0.3) is 0 Å². The van der Waals surface area contributed by atoms with Crippen LogP contribution in [-0.2, 0) is 5.60 Å². The van der Waals surface area contributed by atoms with E-state index in [4.69, 9.17) is 0 Å². The van der Waals surface area contributed by atoms with Crippen LogP contribution in [0, 0.1) is 5.82 Å². The molecule has 0 amide bonds. The molecule has 0 radical (unpaired) electrons. The second kappa shape index (κ2) is 2.95. The predicted molar refractivity (Wildman–Crippen MR) is 53.9 cm³/mol. The number of halogens is 1. The van der Waals surface area contributed by atoms with Crippen molar-refractivity contribution in [2.45, 2.75) is 18.4 Å². The Labute approximate surface area is 83.0 Å². The van der Waals surface area contributed by atoms with Gasteiger partial charge in [-0.05, 0) is 30.5 Å². The summed E-state index contributed by atoms with van der Waals surface area (Å²) >= 11 is 0. The van der Waals surface area contributed by atoms with Crippen molar-refractivity contribution in [1.82, 2.24) is 0 Å². The van der Waals surface area contributed by atoms with Gasteiger partial charge in [0.1, 0.15) is 5.82 Å². The third-order valence-corrected chi connectivity index (χ3v) is 2.69. The summed E-state index contributed by atoms with van der Waals surface area (Å²) in [6, 6.07) is 4.80. The summed E-state index contributed by atoms with van der Waals surface area (Å²) in [5, 5.41) is 9.86. The Morgan fingerprint density at radius 1 is 1.36 bits per heavy atom. The van der Waals surface area contributed by atoms with Crippen molar-refractivity contribution in [3.63, 3.8) is 0 Å². The summed E-state index contributed by atoms with van der Waals surface area (Å²) in [7, 11) is 3.58. The van der Waals surface area contributed by atoms with Gasteiger partial charge >= 0.3 is 0 Å².